The molecule has 0 heterocycles. The minimum absolute atomic E-state index is 0.424. The molecule has 0 amide bonds. The number of alkyl halides is 3. The van der Waals surface area contributed by atoms with Crippen LogP contribution in [0.5, 0.6) is 0 Å². The van der Waals surface area contributed by atoms with Crippen molar-refractivity contribution in [3.05, 3.63) is 29.1 Å². The third-order valence-corrected chi connectivity index (χ3v) is 2.21. The van der Waals surface area contributed by atoms with E-state index in [1.165, 1.54) is 12.1 Å². The second-order valence-electron chi connectivity index (χ2n) is 3.55. The van der Waals surface area contributed by atoms with E-state index in [2.05, 4.69) is 5.10 Å². The lowest BCUT2D eigenvalue weighted by Crippen LogP contribution is -2.22. The first-order valence-electron chi connectivity index (χ1n) is 5.10. The zero-order valence-electron chi connectivity index (χ0n) is 10.1. The number of rotatable bonds is 3. The lowest BCUT2D eigenvalue weighted by atomic mass is 10.1. The molecule has 0 saturated heterocycles. The van der Waals surface area contributed by atoms with Crippen molar-refractivity contribution >= 4 is 17.2 Å². The fourth-order valence-electron chi connectivity index (χ4n) is 1.30. The molecule has 6 nitrogen and oxygen atoms in total. The monoisotopic (exact) mass is 298 g/mol. The van der Waals surface area contributed by atoms with Gasteiger partial charge in [0.2, 0.25) is 5.71 Å². The Balaban J connectivity index is 3.47. The predicted molar refractivity (Wildman–Crippen MR) is 64.7 cm³/mol. The van der Waals surface area contributed by atoms with Crippen LogP contribution < -0.4 is 11.2 Å². The molecule has 0 spiro atoms. The number of nitrogens with one attached hydrogen (secondary N) is 2. The van der Waals surface area contributed by atoms with Gasteiger partial charge in [-0.2, -0.15) is 28.8 Å². The highest BCUT2D eigenvalue weighted by molar-refractivity contribution is 6.45. The summed E-state index contributed by atoms with van der Waals surface area (Å²) in [5.41, 5.74) is 2.80. The number of hydrogen-bond donors (Lipinski definition) is 3. The first kappa shape index (κ1) is 15.9. The zero-order valence-corrected chi connectivity index (χ0v) is 10.1. The van der Waals surface area contributed by atoms with E-state index in [1.807, 2.05) is 0 Å². The van der Waals surface area contributed by atoms with Crippen LogP contribution in [-0.2, 0) is 6.18 Å². The average molecular weight is 298 g/mol. The summed E-state index contributed by atoms with van der Waals surface area (Å²) in [6.45, 7) is 0. The van der Waals surface area contributed by atoms with Gasteiger partial charge in [0.1, 0.15) is 23.5 Å². The smallest absolute Gasteiger partial charge is 0.382 e. The maximum absolute atomic E-state index is 13.4. The molecule has 0 fully saturated rings. The number of halogens is 4. The van der Waals surface area contributed by atoms with Gasteiger partial charge in [-0.15, -0.1) is 0 Å². The van der Waals surface area contributed by atoms with Crippen molar-refractivity contribution in [3.63, 3.8) is 0 Å². The van der Waals surface area contributed by atoms with E-state index < -0.39 is 40.4 Å². The minimum atomic E-state index is -4.87. The molecule has 0 bridgehead atoms. The Bertz CT molecular complexity index is 692. The van der Waals surface area contributed by atoms with E-state index in [-0.39, 0.29) is 0 Å². The molecule has 10 heteroatoms. The third-order valence-electron chi connectivity index (χ3n) is 2.21. The Morgan fingerprint density at radius 1 is 1.33 bits per heavy atom. The van der Waals surface area contributed by atoms with Crippen LogP contribution in [0.25, 0.3) is 0 Å². The van der Waals surface area contributed by atoms with Crippen LogP contribution in [-0.4, -0.2) is 11.5 Å². The molecule has 0 atom stereocenters. The Hall–Kier alpha value is -3.14. The van der Waals surface area contributed by atoms with Crippen molar-refractivity contribution in [1.82, 2.24) is 0 Å². The van der Waals surface area contributed by atoms with Gasteiger partial charge >= 0.3 is 6.18 Å². The third kappa shape index (κ3) is 3.45. The van der Waals surface area contributed by atoms with Crippen molar-refractivity contribution in [2.75, 3.05) is 5.43 Å². The molecule has 1 aromatic carbocycles. The van der Waals surface area contributed by atoms with E-state index in [9.17, 15) is 17.6 Å². The number of nitriles is 2. The molecule has 108 valence electrons. The van der Waals surface area contributed by atoms with Gasteiger partial charge in [0, 0.05) is 0 Å². The molecule has 1 rings (SSSR count). The molecule has 0 radical (unpaired) electrons. The lowest BCUT2D eigenvalue weighted by Gasteiger charge is -2.14. The molecule has 1 aromatic rings. The van der Waals surface area contributed by atoms with Gasteiger partial charge in [-0.1, -0.05) is 0 Å². The molecular weight excluding hydrogens is 292 g/mol. The van der Waals surface area contributed by atoms with E-state index in [0.717, 1.165) is 0 Å². The van der Waals surface area contributed by atoms with Crippen LogP contribution in [0.3, 0.4) is 0 Å². The Kier molecular flexibility index (Phi) is 4.46. The Morgan fingerprint density at radius 2 is 1.95 bits per heavy atom. The van der Waals surface area contributed by atoms with E-state index >= 15 is 0 Å². The number of anilines is 1. The fourth-order valence-corrected chi connectivity index (χ4v) is 1.30. The first-order valence-corrected chi connectivity index (χ1v) is 5.10. The average Bonchev–Trinajstić information content (AvgIpc) is 2.37. The molecule has 0 aliphatic heterocycles. The highest BCUT2D eigenvalue weighted by atomic mass is 19.4. The number of benzene rings is 1. The van der Waals surface area contributed by atoms with Gasteiger partial charge in [-0.3, -0.25) is 10.8 Å². The quantitative estimate of drug-likeness (QED) is 0.341. The summed E-state index contributed by atoms with van der Waals surface area (Å²) in [4.78, 5) is 0. The summed E-state index contributed by atoms with van der Waals surface area (Å²) in [5, 5.41) is 27.5. The SMILES string of the molecule is N#C/C(=N\Nc1c(C(F)(F)F)ccc(F)c1C#N)C(=N)N. The zero-order chi connectivity index (χ0) is 16.2. The van der Waals surface area contributed by atoms with E-state index in [1.54, 1.807) is 5.43 Å². The van der Waals surface area contributed by atoms with Crippen molar-refractivity contribution in [3.8, 4) is 12.1 Å². The molecule has 0 aliphatic rings. The normalized spacial score (nSPS) is 11.4. The van der Waals surface area contributed by atoms with Crippen molar-refractivity contribution in [2.45, 2.75) is 6.18 Å². The Morgan fingerprint density at radius 3 is 2.38 bits per heavy atom. The maximum atomic E-state index is 13.4. The van der Waals surface area contributed by atoms with Crippen molar-refractivity contribution in [2.24, 2.45) is 10.8 Å². The fraction of sp³-hybridized carbons (Fsp3) is 0.0909. The maximum Gasteiger partial charge on any atom is 0.418 e. The number of amidine groups is 1. The summed E-state index contributed by atoms with van der Waals surface area (Å²) < 4.78 is 51.8. The number of nitrogens with two attached hydrogens (primary N) is 1. The standard InChI is InChI=1S/C11H6F4N6/c12-7-2-1-6(11(13,14)15)9(5(7)3-16)21-20-8(4-17)10(18)19/h1-2,21H,(H3,18,19)/b20-8+. The molecule has 0 unspecified atom stereocenters. The molecule has 0 aromatic heterocycles. The first-order chi connectivity index (χ1) is 9.72. The van der Waals surface area contributed by atoms with Crippen molar-refractivity contribution < 1.29 is 17.6 Å². The Labute approximate surface area is 115 Å². The van der Waals surface area contributed by atoms with E-state index in [0.29, 0.717) is 12.1 Å². The van der Waals surface area contributed by atoms with Crippen LogP contribution in [0.2, 0.25) is 0 Å². The number of nitrogens with zero attached hydrogens (tertiary/aromatic N) is 3. The van der Waals surface area contributed by atoms with Crippen LogP contribution in [0.15, 0.2) is 17.2 Å². The summed E-state index contributed by atoms with van der Waals surface area (Å²) in [6.07, 6.45) is -4.87. The van der Waals surface area contributed by atoms with Gasteiger partial charge in [-0.25, -0.2) is 4.39 Å². The summed E-state index contributed by atoms with van der Waals surface area (Å²) in [5.74, 6) is -1.99. The van der Waals surface area contributed by atoms with Crippen molar-refractivity contribution in [1.29, 1.82) is 15.9 Å². The van der Waals surface area contributed by atoms with E-state index in [4.69, 9.17) is 21.7 Å². The predicted octanol–water partition coefficient (Wildman–Crippen LogP) is 1.94. The largest absolute Gasteiger partial charge is 0.418 e. The van der Waals surface area contributed by atoms with Gasteiger partial charge < -0.3 is 5.73 Å². The molecule has 4 N–H and O–H groups in total. The molecule has 21 heavy (non-hydrogen) atoms. The van der Waals surface area contributed by atoms with Gasteiger partial charge in [-0.05, 0) is 12.1 Å². The van der Waals surface area contributed by atoms with Crippen LogP contribution >= 0.6 is 0 Å². The molecule has 0 aliphatic carbocycles. The minimum Gasteiger partial charge on any atom is -0.382 e. The molecule has 0 saturated carbocycles. The second kappa shape index (κ2) is 5.88. The summed E-state index contributed by atoms with van der Waals surface area (Å²) in [6, 6.07) is 3.55. The lowest BCUT2D eigenvalue weighted by molar-refractivity contribution is -0.137. The second-order valence-corrected chi connectivity index (χ2v) is 3.55. The van der Waals surface area contributed by atoms with Gasteiger partial charge in [0.05, 0.1) is 11.3 Å². The van der Waals surface area contributed by atoms with Crippen LogP contribution in [0.4, 0.5) is 23.2 Å². The summed E-state index contributed by atoms with van der Waals surface area (Å²) >= 11 is 0. The highest BCUT2D eigenvalue weighted by Crippen LogP contribution is 2.37. The van der Waals surface area contributed by atoms with Gasteiger partial charge in [0.15, 0.2) is 5.84 Å². The summed E-state index contributed by atoms with van der Waals surface area (Å²) in [7, 11) is 0. The highest BCUT2D eigenvalue weighted by Gasteiger charge is 2.35. The van der Waals surface area contributed by atoms with Crippen LogP contribution in [0, 0.1) is 33.9 Å². The van der Waals surface area contributed by atoms with Crippen LogP contribution in [0.1, 0.15) is 11.1 Å². The van der Waals surface area contributed by atoms with Gasteiger partial charge in [0.25, 0.3) is 0 Å². The molecular formula is C11H6F4N6. The topological polar surface area (TPSA) is 122 Å². The number of hydrazone groups is 1. The number of hydrogen-bond acceptors (Lipinski definition) is 5.